The Labute approximate surface area is 167 Å². The van der Waals surface area contributed by atoms with E-state index in [4.69, 9.17) is 4.74 Å². The second-order valence-corrected chi connectivity index (χ2v) is 7.19. The lowest BCUT2D eigenvalue weighted by molar-refractivity contribution is -0.121. The van der Waals surface area contributed by atoms with Gasteiger partial charge in [0.05, 0.1) is 12.3 Å². The molecule has 2 aliphatic heterocycles. The van der Waals surface area contributed by atoms with Gasteiger partial charge < -0.3 is 20.3 Å². The molecule has 2 N–H and O–H groups in total. The average Bonchev–Trinajstić information content (AvgIpc) is 2.62. The van der Waals surface area contributed by atoms with Crippen molar-refractivity contribution in [1.29, 1.82) is 0 Å². The molecule has 27 heavy (non-hydrogen) atoms. The maximum atomic E-state index is 12.8. The first-order chi connectivity index (χ1) is 12.6. The third-order valence-corrected chi connectivity index (χ3v) is 5.36. The smallest absolute Gasteiger partial charge is 0.253 e. The first-order valence-electron chi connectivity index (χ1n) is 9.68. The summed E-state index contributed by atoms with van der Waals surface area (Å²) in [5.74, 6) is 0.894. The first-order valence-corrected chi connectivity index (χ1v) is 9.68. The molecule has 2 fully saturated rings. The van der Waals surface area contributed by atoms with Crippen LogP contribution >= 0.6 is 12.4 Å². The lowest BCUT2D eigenvalue weighted by Crippen LogP contribution is -2.48. The number of ether oxygens (including phenoxy) is 1. The predicted molar refractivity (Wildman–Crippen MR) is 109 cm³/mol. The van der Waals surface area contributed by atoms with Crippen molar-refractivity contribution in [2.75, 3.05) is 38.1 Å². The molecule has 0 bridgehead atoms. The van der Waals surface area contributed by atoms with Gasteiger partial charge in [0, 0.05) is 24.6 Å². The highest BCUT2D eigenvalue weighted by Crippen LogP contribution is 2.28. The summed E-state index contributed by atoms with van der Waals surface area (Å²) >= 11 is 0. The van der Waals surface area contributed by atoms with Crippen molar-refractivity contribution in [3.05, 3.63) is 23.8 Å². The molecule has 2 heterocycles. The Kier molecular flexibility index (Phi) is 7.92. The van der Waals surface area contributed by atoms with Crippen LogP contribution in [0.4, 0.5) is 5.69 Å². The largest absolute Gasteiger partial charge is 0.492 e. The van der Waals surface area contributed by atoms with E-state index in [-0.39, 0.29) is 30.1 Å². The number of hydrogen-bond donors (Lipinski definition) is 2. The van der Waals surface area contributed by atoms with Crippen LogP contribution in [0.15, 0.2) is 18.2 Å². The van der Waals surface area contributed by atoms with E-state index in [9.17, 15) is 9.59 Å². The monoisotopic (exact) mass is 395 g/mol. The minimum atomic E-state index is -0.0767. The van der Waals surface area contributed by atoms with Crippen molar-refractivity contribution in [2.45, 2.75) is 33.1 Å². The van der Waals surface area contributed by atoms with E-state index in [1.165, 1.54) is 6.42 Å². The molecule has 0 aromatic heterocycles. The summed E-state index contributed by atoms with van der Waals surface area (Å²) in [6, 6.07) is 5.33. The van der Waals surface area contributed by atoms with Gasteiger partial charge in [-0.15, -0.1) is 12.4 Å². The number of amides is 2. The Balaban J connectivity index is 0.00000261. The topological polar surface area (TPSA) is 70.7 Å². The van der Waals surface area contributed by atoms with Gasteiger partial charge in [-0.05, 0) is 63.4 Å². The van der Waals surface area contributed by atoms with E-state index >= 15 is 0 Å². The van der Waals surface area contributed by atoms with Gasteiger partial charge in [0.25, 0.3) is 5.91 Å². The quantitative estimate of drug-likeness (QED) is 0.776. The number of nitrogens with one attached hydrogen (secondary N) is 2. The van der Waals surface area contributed by atoms with Crippen molar-refractivity contribution in [3.8, 4) is 5.75 Å². The van der Waals surface area contributed by atoms with Crippen molar-refractivity contribution in [3.63, 3.8) is 0 Å². The molecule has 150 valence electrons. The first kappa shape index (κ1) is 21.5. The predicted octanol–water partition coefficient (Wildman–Crippen LogP) is 2.93. The molecule has 7 heteroatoms. The van der Waals surface area contributed by atoms with E-state index in [2.05, 4.69) is 10.6 Å². The number of benzene rings is 1. The van der Waals surface area contributed by atoms with E-state index in [0.29, 0.717) is 29.5 Å². The summed E-state index contributed by atoms with van der Waals surface area (Å²) in [6.45, 7) is 7.72. The van der Waals surface area contributed by atoms with Crippen LogP contribution in [0.1, 0.15) is 43.5 Å². The summed E-state index contributed by atoms with van der Waals surface area (Å²) in [5, 5.41) is 6.18. The van der Waals surface area contributed by atoms with Crippen LogP contribution in [-0.4, -0.2) is 49.5 Å². The van der Waals surface area contributed by atoms with Gasteiger partial charge >= 0.3 is 0 Å². The summed E-state index contributed by atoms with van der Waals surface area (Å²) < 4.78 is 5.65. The third-order valence-electron chi connectivity index (χ3n) is 5.36. The molecule has 2 aliphatic rings. The molecule has 3 rings (SSSR count). The fourth-order valence-electron chi connectivity index (χ4n) is 3.45. The number of carbonyl (C=O) groups excluding carboxylic acids is 2. The standard InChI is InChI=1S/C20H29N3O3.ClH/c1-3-26-18-8-7-15(20(25)23-9-5-4-6-10-23)11-17(18)22-19(24)14(2)16-12-21-13-16;/h7-8,11,14,16,21H,3-6,9-10,12-13H2,1-2H3,(H,22,24);1H. The minimum Gasteiger partial charge on any atom is -0.492 e. The van der Waals surface area contributed by atoms with Crippen LogP contribution < -0.4 is 15.4 Å². The Bertz CT molecular complexity index is 658. The van der Waals surface area contributed by atoms with Gasteiger partial charge in [-0.3, -0.25) is 9.59 Å². The molecule has 0 spiro atoms. The molecule has 0 aliphatic carbocycles. The Hall–Kier alpha value is -1.79. The number of anilines is 1. The molecular weight excluding hydrogens is 366 g/mol. The fraction of sp³-hybridized carbons (Fsp3) is 0.600. The summed E-state index contributed by atoms with van der Waals surface area (Å²) in [5.41, 5.74) is 1.18. The van der Waals surface area contributed by atoms with Gasteiger partial charge in [0.1, 0.15) is 5.75 Å². The number of hydrogen-bond acceptors (Lipinski definition) is 4. The summed E-state index contributed by atoms with van der Waals surface area (Å²) in [6.07, 6.45) is 3.29. The highest BCUT2D eigenvalue weighted by Gasteiger charge is 2.29. The third kappa shape index (κ3) is 5.14. The average molecular weight is 396 g/mol. The Morgan fingerprint density at radius 2 is 1.96 bits per heavy atom. The highest BCUT2D eigenvalue weighted by atomic mass is 35.5. The number of nitrogens with zero attached hydrogens (tertiary/aromatic N) is 1. The van der Waals surface area contributed by atoms with Gasteiger partial charge in [0.2, 0.25) is 5.91 Å². The molecule has 0 radical (unpaired) electrons. The van der Waals surface area contributed by atoms with Crippen LogP contribution in [0.3, 0.4) is 0 Å². The van der Waals surface area contributed by atoms with Crippen molar-refractivity contribution < 1.29 is 14.3 Å². The van der Waals surface area contributed by atoms with Gasteiger partial charge in [-0.2, -0.15) is 0 Å². The lowest BCUT2D eigenvalue weighted by atomic mass is 9.88. The van der Waals surface area contributed by atoms with Gasteiger partial charge in [-0.1, -0.05) is 6.92 Å². The SMILES string of the molecule is CCOc1ccc(C(=O)N2CCCCC2)cc1NC(=O)C(C)C1CNC1.Cl. The zero-order valence-corrected chi connectivity index (χ0v) is 16.9. The van der Waals surface area contributed by atoms with Crippen LogP contribution in [0, 0.1) is 11.8 Å². The zero-order valence-electron chi connectivity index (χ0n) is 16.1. The van der Waals surface area contributed by atoms with Gasteiger partial charge in [0.15, 0.2) is 0 Å². The molecule has 1 aromatic rings. The van der Waals surface area contributed by atoms with Crippen molar-refractivity contribution in [2.24, 2.45) is 11.8 Å². The van der Waals surface area contributed by atoms with Gasteiger partial charge in [-0.25, -0.2) is 0 Å². The normalized spacial score (nSPS) is 18.1. The van der Waals surface area contributed by atoms with E-state index in [1.807, 2.05) is 18.7 Å². The molecule has 1 unspecified atom stereocenters. The van der Waals surface area contributed by atoms with Crippen molar-refractivity contribution >= 4 is 29.9 Å². The molecule has 6 nitrogen and oxygen atoms in total. The number of carbonyl (C=O) groups is 2. The molecule has 1 aromatic carbocycles. The van der Waals surface area contributed by atoms with Crippen LogP contribution in [0.2, 0.25) is 0 Å². The Morgan fingerprint density at radius 1 is 1.26 bits per heavy atom. The number of halogens is 1. The lowest BCUT2D eigenvalue weighted by Gasteiger charge is -2.32. The summed E-state index contributed by atoms with van der Waals surface area (Å²) in [4.78, 5) is 27.3. The number of rotatable bonds is 6. The highest BCUT2D eigenvalue weighted by molar-refractivity contribution is 5.99. The second kappa shape index (κ2) is 9.95. The van der Waals surface area contributed by atoms with Crippen LogP contribution in [0.25, 0.3) is 0 Å². The second-order valence-electron chi connectivity index (χ2n) is 7.19. The van der Waals surface area contributed by atoms with Crippen molar-refractivity contribution in [1.82, 2.24) is 10.2 Å². The van der Waals surface area contributed by atoms with E-state index in [0.717, 1.165) is 39.0 Å². The van der Waals surface area contributed by atoms with Crippen LogP contribution in [-0.2, 0) is 4.79 Å². The maximum absolute atomic E-state index is 12.8. The number of likely N-dealkylation sites (tertiary alicyclic amines) is 1. The zero-order chi connectivity index (χ0) is 18.5. The van der Waals surface area contributed by atoms with E-state index in [1.54, 1.807) is 18.2 Å². The maximum Gasteiger partial charge on any atom is 0.253 e. The molecule has 2 saturated heterocycles. The molecule has 0 saturated carbocycles. The fourth-order valence-corrected chi connectivity index (χ4v) is 3.45. The van der Waals surface area contributed by atoms with Crippen LogP contribution in [0.5, 0.6) is 5.75 Å². The number of piperidine rings is 1. The Morgan fingerprint density at radius 3 is 2.56 bits per heavy atom. The molecule has 1 atom stereocenters. The summed E-state index contributed by atoms with van der Waals surface area (Å²) in [7, 11) is 0. The van der Waals surface area contributed by atoms with E-state index < -0.39 is 0 Å². The minimum absolute atomic E-state index is 0. The molecule has 2 amide bonds. The molecular formula is C20H30ClN3O3.